The fraction of sp³-hybridized carbons (Fsp3) is 0.333. The smallest absolute Gasteiger partial charge is 0.223 e. The standard InChI is InChI=1S/C27H31N7O2/c1-35-12-10-33-17-22-6-5-20(14-23(22)18-33)15-30-27-29-9-7-25(31-27)24-19-34(11-13-36-2)32-26(24)21-4-3-8-28-16-21/h3-9,14,16,19H,10-13,15,17-18H2,1-2H3,(H,29,30,31). The second-order valence-electron chi connectivity index (χ2n) is 8.81. The Morgan fingerprint density at radius 1 is 0.972 bits per heavy atom. The summed E-state index contributed by atoms with van der Waals surface area (Å²) in [7, 11) is 3.43. The summed E-state index contributed by atoms with van der Waals surface area (Å²) < 4.78 is 12.3. The number of rotatable bonds is 11. The summed E-state index contributed by atoms with van der Waals surface area (Å²) in [6.45, 7) is 5.53. The van der Waals surface area contributed by atoms with Crippen molar-refractivity contribution in [2.24, 2.45) is 0 Å². The molecular weight excluding hydrogens is 454 g/mol. The van der Waals surface area contributed by atoms with Crippen molar-refractivity contribution in [3.63, 3.8) is 0 Å². The minimum absolute atomic E-state index is 0.578. The van der Waals surface area contributed by atoms with Gasteiger partial charge >= 0.3 is 0 Å². The molecule has 1 aromatic carbocycles. The molecule has 0 saturated heterocycles. The van der Waals surface area contributed by atoms with Gasteiger partial charge in [-0.3, -0.25) is 14.6 Å². The molecule has 0 saturated carbocycles. The Morgan fingerprint density at radius 2 is 1.83 bits per heavy atom. The van der Waals surface area contributed by atoms with Gasteiger partial charge in [-0.05, 0) is 34.9 Å². The molecule has 0 bridgehead atoms. The van der Waals surface area contributed by atoms with Gasteiger partial charge in [0.2, 0.25) is 5.95 Å². The van der Waals surface area contributed by atoms with Crippen LogP contribution in [-0.2, 0) is 35.7 Å². The second-order valence-corrected chi connectivity index (χ2v) is 8.81. The molecular formula is C27H31N7O2. The number of ether oxygens (including phenoxy) is 2. The van der Waals surface area contributed by atoms with Crippen LogP contribution in [0.4, 0.5) is 5.95 Å². The monoisotopic (exact) mass is 485 g/mol. The number of methoxy groups -OCH3 is 2. The zero-order valence-electron chi connectivity index (χ0n) is 20.7. The van der Waals surface area contributed by atoms with Crippen LogP contribution in [0.1, 0.15) is 16.7 Å². The van der Waals surface area contributed by atoms with E-state index < -0.39 is 0 Å². The number of anilines is 1. The molecule has 0 aliphatic carbocycles. The van der Waals surface area contributed by atoms with Crippen LogP contribution in [0, 0.1) is 0 Å². The summed E-state index contributed by atoms with van der Waals surface area (Å²) in [5, 5.41) is 8.17. The Hall–Kier alpha value is -3.66. The maximum absolute atomic E-state index is 5.23. The van der Waals surface area contributed by atoms with Gasteiger partial charge in [-0.15, -0.1) is 0 Å². The number of nitrogens with zero attached hydrogens (tertiary/aromatic N) is 6. The molecule has 0 atom stereocenters. The number of fused-ring (bicyclic) bond motifs is 1. The average Bonchev–Trinajstić information content (AvgIpc) is 3.54. The lowest BCUT2D eigenvalue weighted by Gasteiger charge is -2.13. The van der Waals surface area contributed by atoms with Gasteiger partial charge < -0.3 is 14.8 Å². The molecule has 0 amide bonds. The Kier molecular flexibility index (Phi) is 7.61. The first-order valence-corrected chi connectivity index (χ1v) is 12.1. The van der Waals surface area contributed by atoms with E-state index >= 15 is 0 Å². The first-order valence-electron chi connectivity index (χ1n) is 12.1. The van der Waals surface area contributed by atoms with Crippen molar-refractivity contribution >= 4 is 5.95 Å². The van der Waals surface area contributed by atoms with Crippen molar-refractivity contribution in [1.29, 1.82) is 0 Å². The molecule has 9 nitrogen and oxygen atoms in total. The minimum Gasteiger partial charge on any atom is -0.383 e. The molecule has 1 aliphatic rings. The van der Waals surface area contributed by atoms with E-state index in [1.165, 1.54) is 16.7 Å². The highest BCUT2D eigenvalue weighted by atomic mass is 16.5. The van der Waals surface area contributed by atoms with Gasteiger partial charge in [0.05, 0.1) is 25.5 Å². The first-order chi connectivity index (χ1) is 17.7. The summed E-state index contributed by atoms with van der Waals surface area (Å²) in [5.41, 5.74) is 7.48. The van der Waals surface area contributed by atoms with E-state index in [1.807, 2.05) is 35.3 Å². The van der Waals surface area contributed by atoms with Crippen molar-refractivity contribution in [3.05, 3.63) is 77.9 Å². The maximum Gasteiger partial charge on any atom is 0.223 e. The summed E-state index contributed by atoms with van der Waals surface area (Å²) in [6, 6.07) is 12.5. The topological polar surface area (TPSA) is 90.2 Å². The van der Waals surface area contributed by atoms with Gasteiger partial charge in [0, 0.05) is 76.3 Å². The molecule has 4 aromatic rings. The van der Waals surface area contributed by atoms with Gasteiger partial charge in [0.15, 0.2) is 0 Å². The summed E-state index contributed by atoms with van der Waals surface area (Å²) in [6.07, 6.45) is 7.36. The predicted molar refractivity (Wildman–Crippen MR) is 138 cm³/mol. The zero-order valence-corrected chi connectivity index (χ0v) is 20.7. The SMILES string of the molecule is COCCN1Cc2ccc(CNc3nccc(-c4cn(CCOC)nc4-c4cccnc4)n3)cc2C1. The number of hydrogen-bond acceptors (Lipinski definition) is 8. The zero-order chi connectivity index (χ0) is 24.7. The maximum atomic E-state index is 5.23. The fourth-order valence-corrected chi connectivity index (χ4v) is 4.41. The predicted octanol–water partition coefficient (Wildman–Crippen LogP) is 3.62. The third-order valence-corrected chi connectivity index (χ3v) is 6.27. The summed E-state index contributed by atoms with van der Waals surface area (Å²) >= 11 is 0. The minimum atomic E-state index is 0.578. The van der Waals surface area contributed by atoms with E-state index in [9.17, 15) is 0 Å². The van der Waals surface area contributed by atoms with Crippen molar-refractivity contribution in [3.8, 4) is 22.5 Å². The molecule has 4 heterocycles. The van der Waals surface area contributed by atoms with Crippen LogP contribution in [-0.4, -0.2) is 63.6 Å². The third-order valence-electron chi connectivity index (χ3n) is 6.27. The number of nitrogens with one attached hydrogen (secondary N) is 1. The molecule has 5 rings (SSSR count). The van der Waals surface area contributed by atoms with Crippen LogP contribution in [0.25, 0.3) is 22.5 Å². The van der Waals surface area contributed by atoms with Gasteiger partial charge in [-0.2, -0.15) is 5.10 Å². The van der Waals surface area contributed by atoms with E-state index in [-0.39, 0.29) is 0 Å². The summed E-state index contributed by atoms with van der Waals surface area (Å²) in [4.78, 5) is 15.9. The fourth-order valence-electron chi connectivity index (χ4n) is 4.41. The Morgan fingerprint density at radius 3 is 2.67 bits per heavy atom. The molecule has 186 valence electrons. The Balaban J connectivity index is 1.32. The average molecular weight is 486 g/mol. The quantitative estimate of drug-likeness (QED) is 0.345. The van der Waals surface area contributed by atoms with E-state index in [1.54, 1.807) is 26.6 Å². The van der Waals surface area contributed by atoms with Crippen LogP contribution in [0.2, 0.25) is 0 Å². The molecule has 0 unspecified atom stereocenters. The van der Waals surface area contributed by atoms with Crippen molar-refractivity contribution < 1.29 is 9.47 Å². The summed E-state index contributed by atoms with van der Waals surface area (Å²) in [5.74, 6) is 0.580. The molecule has 1 N–H and O–H groups in total. The van der Waals surface area contributed by atoms with Crippen LogP contribution in [0.3, 0.4) is 0 Å². The van der Waals surface area contributed by atoms with Crippen LogP contribution < -0.4 is 5.32 Å². The molecule has 1 aliphatic heterocycles. The van der Waals surface area contributed by atoms with Crippen molar-refractivity contribution in [2.45, 2.75) is 26.2 Å². The van der Waals surface area contributed by atoms with E-state index in [0.717, 1.165) is 48.8 Å². The molecule has 0 spiro atoms. The lowest BCUT2D eigenvalue weighted by molar-refractivity contribution is 0.147. The number of hydrogen-bond donors (Lipinski definition) is 1. The molecule has 0 fully saturated rings. The largest absolute Gasteiger partial charge is 0.383 e. The lowest BCUT2D eigenvalue weighted by Crippen LogP contribution is -2.21. The molecule has 3 aromatic heterocycles. The number of aromatic nitrogens is 5. The highest BCUT2D eigenvalue weighted by Gasteiger charge is 2.19. The van der Waals surface area contributed by atoms with Gasteiger partial charge in [0.25, 0.3) is 0 Å². The van der Waals surface area contributed by atoms with Crippen LogP contribution in [0.15, 0.2) is 61.2 Å². The van der Waals surface area contributed by atoms with E-state index in [2.05, 4.69) is 38.4 Å². The Labute approximate surface area is 211 Å². The van der Waals surface area contributed by atoms with Gasteiger partial charge in [-0.25, -0.2) is 9.97 Å². The van der Waals surface area contributed by atoms with E-state index in [4.69, 9.17) is 19.6 Å². The van der Waals surface area contributed by atoms with Crippen LogP contribution >= 0.6 is 0 Å². The highest BCUT2D eigenvalue weighted by molar-refractivity contribution is 5.78. The molecule has 0 radical (unpaired) electrons. The van der Waals surface area contributed by atoms with Crippen LogP contribution in [0.5, 0.6) is 0 Å². The van der Waals surface area contributed by atoms with Gasteiger partial charge in [0.1, 0.15) is 5.69 Å². The first kappa shape index (κ1) is 24.1. The highest BCUT2D eigenvalue weighted by Crippen LogP contribution is 2.30. The Bertz CT molecular complexity index is 1290. The molecule has 9 heteroatoms. The van der Waals surface area contributed by atoms with Crippen molar-refractivity contribution in [1.82, 2.24) is 29.6 Å². The normalized spacial score (nSPS) is 13.2. The van der Waals surface area contributed by atoms with Crippen molar-refractivity contribution in [2.75, 3.05) is 39.3 Å². The number of benzene rings is 1. The lowest BCUT2D eigenvalue weighted by atomic mass is 10.1. The van der Waals surface area contributed by atoms with E-state index in [0.29, 0.717) is 25.6 Å². The second kappa shape index (κ2) is 11.4. The third kappa shape index (κ3) is 5.59. The number of pyridine rings is 1. The van der Waals surface area contributed by atoms with Gasteiger partial charge in [-0.1, -0.05) is 18.2 Å². The molecule has 36 heavy (non-hydrogen) atoms.